The van der Waals surface area contributed by atoms with Crippen LogP contribution in [0.25, 0.3) is 33.2 Å². The summed E-state index contributed by atoms with van der Waals surface area (Å²) in [6.45, 7) is 7.23. The Morgan fingerprint density at radius 1 is 1.13 bits per heavy atom. The van der Waals surface area contributed by atoms with E-state index in [2.05, 4.69) is 49.7 Å². The van der Waals surface area contributed by atoms with Gasteiger partial charge in [0.2, 0.25) is 0 Å². The molecule has 0 radical (unpaired) electrons. The molecule has 3 heterocycles. The van der Waals surface area contributed by atoms with Crippen molar-refractivity contribution in [1.29, 1.82) is 0 Å². The van der Waals surface area contributed by atoms with Crippen LogP contribution in [0.1, 0.15) is 29.3 Å². The Hall–Kier alpha value is -3.16. The molecule has 4 aromatic rings. The van der Waals surface area contributed by atoms with Crippen molar-refractivity contribution in [3.05, 3.63) is 53.6 Å². The van der Waals surface area contributed by atoms with Crippen LogP contribution in [-0.2, 0) is 11.3 Å². The van der Waals surface area contributed by atoms with Gasteiger partial charge in [0.25, 0.3) is 5.91 Å². The molecule has 3 N–H and O–H groups in total. The second-order valence-electron chi connectivity index (χ2n) is 8.08. The Balaban J connectivity index is 1.41. The summed E-state index contributed by atoms with van der Waals surface area (Å²) < 4.78 is 5.45. The molecule has 1 aliphatic rings. The lowest BCUT2D eigenvalue weighted by molar-refractivity contribution is 0.0342. The van der Waals surface area contributed by atoms with Crippen LogP contribution in [0.2, 0.25) is 0 Å². The van der Waals surface area contributed by atoms with Crippen molar-refractivity contribution in [1.82, 2.24) is 25.4 Å². The third-order valence-electron chi connectivity index (χ3n) is 5.81. The molecule has 0 spiro atoms. The number of carbonyl (C=O) groups excluding carboxylic acids is 1. The first-order chi connectivity index (χ1) is 15.2. The third-order valence-corrected chi connectivity index (χ3v) is 5.81. The highest BCUT2D eigenvalue weighted by Gasteiger charge is 2.15. The van der Waals surface area contributed by atoms with Gasteiger partial charge in [-0.05, 0) is 48.4 Å². The number of hydrogen-bond donors (Lipinski definition) is 3. The SMILES string of the molecule is CCCNC(=O)c1ccc2c(-c3cc4cc(CN5CCOCC5)ccc4[nH]3)n[nH]c2c1. The summed E-state index contributed by atoms with van der Waals surface area (Å²) in [4.78, 5) is 18.2. The van der Waals surface area contributed by atoms with E-state index in [0.717, 1.165) is 67.1 Å². The van der Waals surface area contributed by atoms with Crippen LogP contribution in [-0.4, -0.2) is 58.8 Å². The number of fused-ring (bicyclic) bond motifs is 2. The summed E-state index contributed by atoms with van der Waals surface area (Å²) in [5.74, 6) is -0.0571. The number of H-pyrrole nitrogens is 2. The molecule has 5 rings (SSSR count). The molecule has 2 aromatic carbocycles. The summed E-state index contributed by atoms with van der Waals surface area (Å²) in [7, 11) is 0. The quantitative estimate of drug-likeness (QED) is 0.447. The molecule has 31 heavy (non-hydrogen) atoms. The predicted octanol–water partition coefficient (Wildman–Crippen LogP) is 3.68. The first-order valence-electron chi connectivity index (χ1n) is 10.9. The number of hydrogen-bond acceptors (Lipinski definition) is 4. The van der Waals surface area contributed by atoms with Gasteiger partial charge in [0.1, 0.15) is 5.69 Å². The molecule has 0 aliphatic carbocycles. The number of benzene rings is 2. The van der Waals surface area contributed by atoms with Gasteiger partial charge in [0.15, 0.2) is 0 Å². The second-order valence-corrected chi connectivity index (χ2v) is 8.08. The van der Waals surface area contributed by atoms with Gasteiger partial charge in [-0.15, -0.1) is 0 Å². The van der Waals surface area contributed by atoms with E-state index in [1.165, 1.54) is 10.9 Å². The number of aromatic amines is 2. The van der Waals surface area contributed by atoms with Crippen LogP contribution in [0.4, 0.5) is 0 Å². The van der Waals surface area contributed by atoms with Crippen molar-refractivity contribution in [2.24, 2.45) is 0 Å². The molecular formula is C24H27N5O2. The number of nitrogens with one attached hydrogen (secondary N) is 3. The number of amides is 1. The number of morpholine rings is 1. The summed E-state index contributed by atoms with van der Waals surface area (Å²) >= 11 is 0. The van der Waals surface area contributed by atoms with Crippen molar-refractivity contribution in [2.75, 3.05) is 32.8 Å². The smallest absolute Gasteiger partial charge is 0.251 e. The topological polar surface area (TPSA) is 86.0 Å². The van der Waals surface area contributed by atoms with Crippen LogP contribution in [0, 0.1) is 0 Å². The fourth-order valence-corrected chi connectivity index (χ4v) is 4.13. The zero-order chi connectivity index (χ0) is 21.2. The lowest BCUT2D eigenvalue weighted by Gasteiger charge is -2.26. The molecule has 1 fully saturated rings. The van der Waals surface area contributed by atoms with Crippen LogP contribution in [0.3, 0.4) is 0 Å². The Morgan fingerprint density at radius 2 is 2.00 bits per heavy atom. The lowest BCUT2D eigenvalue weighted by Crippen LogP contribution is -2.35. The molecule has 0 atom stereocenters. The van der Waals surface area contributed by atoms with Gasteiger partial charge in [0, 0.05) is 48.0 Å². The van der Waals surface area contributed by atoms with Gasteiger partial charge in [0.05, 0.1) is 24.4 Å². The maximum atomic E-state index is 12.3. The van der Waals surface area contributed by atoms with Crippen LogP contribution < -0.4 is 5.32 Å². The Labute approximate surface area is 180 Å². The summed E-state index contributed by atoms with van der Waals surface area (Å²) in [5, 5.41) is 12.7. The average molecular weight is 418 g/mol. The van der Waals surface area contributed by atoms with Gasteiger partial charge in [-0.25, -0.2) is 0 Å². The standard InChI is InChI=1S/C24H27N5O2/c1-2-7-25-24(30)17-4-5-19-21(13-17)27-28-23(19)22-14-18-12-16(3-6-20(18)26-22)15-29-8-10-31-11-9-29/h3-6,12-14,26H,2,7-11,15H2,1H3,(H,25,30)(H,27,28). The van der Waals surface area contributed by atoms with Crippen molar-refractivity contribution < 1.29 is 9.53 Å². The van der Waals surface area contributed by atoms with E-state index in [9.17, 15) is 4.79 Å². The van der Waals surface area contributed by atoms with Crippen molar-refractivity contribution in [2.45, 2.75) is 19.9 Å². The molecule has 0 saturated carbocycles. The fourth-order valence-electron chi connectivity index (χ4n) is 4.13. The van der Waals surface area contributed by atoms with Crippen LogP contribution in [0.5, 0.6) is 0 Å². The number of ether oxygens (including phenoxy) is 1. The van der Waals surface area contributed by atoms with Gasteiger partial charge in [-0.3, -0.25) is 14.8 Å². The van der Waals surface area contributed by atoms with E-state index in [-0.39, 0.29) is 5.91 Å². The molecule has 0 bridgehead atoms. The van der Waals surface area contributed by atoms with Crippen LogP contribution >= 0.6 is 0 Å². The highest BCUT2D eigenvalue weighted by Crippen LogP contribution is 2.29. The first-order valence-corrected chi connectivity index (χ1v) is 10.9. The monoisotopic (exact) mass is 417 g/mol. The zero-order valence-electron chi connectivity index (χ0n) is 17.7. The Kier molecular flexibility index (Phi) is 5.44. The van der Waals surface area contributed by atoms with E-state index in [4.69, 9.17) is 4.74 Å². The lowest BCUT2D eigenvalue weighted by atomic mass is 10.1. The minimum Gasteiger partial charge on any atom is -0.379 e. The minimum atomic E-state index is -0.0571. The van der Waals surface area contributed by atoms with E-state index >= 15 is 0 Å². The maximum absolute atomic E-state index is 12.3. The summed E-state index contributed by atoms with van der Waals surface area (Å²) in [5.41, 5.74) is 5.71. The predicted molar refractivity (Wildman–Crippen MR) is 122 cm³/mol. The first kappa shape index (κ1) is 19.8. The molecule has 1 aliphatic heterocycles. The molecular weight excluding hydrogens is 390 g/mol. The van der Waals surface area contributed by atoms with Crippen LogP contribution in [0.15, 0.2) is 42.5 Å². The summed E-state index contributed by atoms with van der Waals surface area (Å²) in [6, 6.07) is 14.4. The average Bonchev–Trinajstić information content (AvgIpc) is 3.41. The van der Waals surface area contributed by atoms with Gasteiger partial charge in [-0.1, -0.05) is 13.0 Å². The highest BCUT2D eigenvalue weighted by atomic mass is 16.5. The molecule has 7 nitrogen and oxygen atoms in total. The molecule has 1 saturated heterocycles. The molecule has 2 aromatic heterocycles. The second kappa shape index (κ2) is 8.53. The van der Waals surface area contributed by atoms with E-state index < -0.39 is 0 Å². The number of rotatable bonds is 6. The minimum absolute atomic E-state index is 0.0571. The van der Waals surface area contributed by atoms with E-state index in [0.29, 0.717) is 12.1 Å². The Bertz CT molecular complexity index is 1220. The highest BCUT2D eigenvalue weighted by molar-refractivity contribution is 6.01. The number of aromatic nitrogens is 3. The normalized spacial score (nSPS) is 15.0. The van der Waals surface area contributed by atoms with Crippen molar-refractivity contribution >= 4 is 27.7 Å². The third kappa shape index (κ3) is 4.06. The molecule has 7 heteroatoms. The van der Waals surface area contributed by atoms with Gasteiger partial charge >= 0.3 is 0 Å². The number of nitrogens with zero attached hydrogens (tertiary/aromatic N) is 2. The Morgan fingerprint density at radius 3 is 2.84 bits per heavy atom. The number of carbonyl (C=O) groups is 1. The fraction of sp³-hybridized carbons (Fsp3) is 0.333. The van der Waals surface area contributed by atoms with Crippen molar-refractivity contribution in [3.8, 4) is 11.4 Å². The summed E-state index contributed by atoms with van der Waals surface area (Å²) in [6.07, 6.45) is 0.913. The molecule has 0 unspecified atom stereocenters. The van der Waals surface area contributed by atoms with Crippen molar-refractivity contribution in [3.63, 3.8) is 0 Å². The zero-order valence-corrected chi connectivity index (χ0v) is 17.7. The molecule has 1 amide bonds. The van der Waals surface area contributed by atoms with E-state index in [1.807, 2.05) is 25.1 Å². The molecule has 160 valence electrons. The van der Waals surface area contributed by atoms with Gasteiger partial charge < -0.3 is 15.0 Å². The van der Waals surface area contributed by atoms with E-state index in [1.54, 1.807) is 0 Å². The van der Waals surface area contributed by atoms with Gasteiger partial charge in [-0.2, -0.15) is 5.10 Å². The maximum Gasteiger partial charge on any atom is 0.251 e. The largest absolute Gasteiger partial charge is 0.379 e.